The lowest BCUT2D eigenvalue weighted by atomic mass is 9.92. The molecule has 1 saturated heterocycles. The second-order valence-corrected chi connectivity index (χ2v) is 7.38. The van der Waals surface area contributed by atoms with Crippen molar-refractivity contribution in [2.75, 3.05) is 6.61 Å². The Morgan fingerprint density at radius 1 is 1.11 bits per heavy atom. The van der Waals surface area contributed by atoms with Crippen LogP contribution in [0.4, 0.5) is 4.79 Å². The standard InChI is InChI=1S/C22H25N3O3/c1-16(2)13-14-28-19-11-9-17(10-12-19)15-23-25-20(26)22(3,24-21(25)27)18-7-5-4-6-8-18/h4-12,15-16H,13-14H2,1-3H3,(H,24,27)/b23-15-/t22-/m0/s1. The van der Waals surface area contributed by atoms with Gasteiger partial charge in [0.25, 0.3) is 5.91 Å². The Balaban J connectivity index is 1.67. The number of carbonyl (C=O) groups excluding carboxylic acids is 2. The molecule has 1 aliphatic rings. The summed E-state index contributed by atoms with van der Waals surface area (Å²) >= 11 is 0. The lowest BCUT2D eigenvalue weighted by Gasteiger charge is -2.20. The fourth-order valence-electron chi connectivity index (χ4n) is 2.88. The molecule has 1 aliphatic heterocycles. The van der Waals surface area contributed by atoms with Gasteiger partial charge in [-0.15, -0.1) is 5.01 Å². The summed E-state index contributed by atoms with van der Waals surface area (Å²) in [7, 11) is 0. The molecule has 1 N–H and O–H groups in total. The molecule has 146 valence electrons. The average molecular weight is 379 g/mol. The Kier molecular flexibility index (Phi) is 5.78. The first-order chi connectivity index (χ1) is 13.4. The molecule has 1 fully saturated rings. The first kappa shape index (κ1) is 19.6. The molecule has 6 heteroatoms. The van der Waals surface area contributed by atoms with E-state index >= 15 is 0 Å². The number of ether oxygens (including phenoxy) is 1. The van der Waals surface area contributed by atoms with Crippen molar-refractivity contribution in [3.05, 3.63) is 65.7 Å². The quantitative estimate of drug-likeness (QED) is 0.586. The zero-order valence-electron chi connectivity index (χ0n) is 16.4. The van der Waals surface area contributed by atoms with Crippen LogP contribution in [-0.2, 0) is 10.3 Å². The number of amides is 3. The van der Waals surface area contributed by atoms with Crippen molar-refractivity contribution in [3.63, 3.8) is 0 Å². The molecule has 1 heterocycles. The number of hydrogen-bond donors (Lipinski definition) is 1. The number of nitrogens with zero attached hydrogens (tertiary/aromatic N) is 2. The number of urea groups is 1. The summed E-state index contributed by atoms with van der Waals surface area (Å²) in [5.74, 6) is 0.968. The first-order valence-corrected chi connectivity index (χ1v) is 9.39. The highest BCUT2D eigenvalue weighted by atomic mass is 16.5. The van der Waals surface area contributed by atoms with E-state index in [1.165, 1.54) is 6.21 Å². The van der Waals surface area contributed by atoms with Gasteiger partial charge in [0.2, 0.25) is 0 Å². The Hall–Kier alpha value is -3.15. The maximum atomic E-state index is 12.8. The smallest absolute Gasteiger partial charge is 0.346 e. The fraction of sp³-hybridized carbons (Fsp3) is 0.318. The summed E-state index contributed by atoms with van der Waals surface area (Å²) in [6, 6.07) is 16.0. The third kappa shape index (κ3) is 4.22. The van der Waals surface area contributed by atoms with Gasteiger partial charge < -0.3 is 10.1 Å². The van der Waals surface area contributed by atoms with E-state index in [0.29, 0.717) is 18.1 Å². The van der Waals surface area contributed by atoms with Gasteiger partial charge in [0.05, 0.1) is 12.8 Å². The molecule has 28 heavy (non-hydrogen) atoms. The van der Waals surface area contributed by atoms with Crippen LogP contribution in [0, 0.1) is 5.92 Å². The van der Waals surface area contributed by atoms with Crippen LogP contribution in [0.25, 0.3) is 0 Å². The first-order valence-electron chi connectivity index (χ1n) is 9.39. The highest BCUT2D eigenvalue weighted by molar-refractivity contribution is 6.07. The summed E-state index contributed by atoms with van der Waals surface area (Å²) < 4.78 is 5.69. The van der Waals surface area contributed by atoms with Gasteiger partial charge in [-0.05, 0) is 54.7 Å². The molecule has 2 aromatic carbocycles. The molecule has 0 spiro atoms. The maximum Gasteiger partial charge on any atom is 0.346 e. The van der Waals surface area contributed by atoms with Gasteiger partial charge in [-0.1, -0.05) is 44.2 Å². The van der Waals surface area contributed by atoms with E-state index < -0.39 is 17.5 Å². The molecule has 6 nitrogen and oxygen atoms in total. The van der Waals surface area contributed by atoms with E-state index in [4.69, 9.17) is 4.74 Å². The Labute approximate surface area is 165 Å². The van der Waals surface area contributed by atoms with Crippen LogP contribution in [0.15, 0.2) is 59.7 Å². The molecule has 0 unspecified atom stereocenters. The lowest BCUT2D eigenvalue weighted by Crippen LogP contribution is -2.40. The van der Waals surface area contributed by atoms with Crippen molar-refractivity contribution in [2.45, 2.75) is 32.7 Å². The van der Waals surface area contributed by atoms with Gasteiger partial charge in [-0.25, -0.2) is 4.79 Å². The van der Waals surface area contributed by atoms with Gasteiger partial charge in [-0.2, -0.15) is 5.10 Å². The number of imide groups is 1. The van der Waals surface area contributed by atoms with Crippen molar-refractivity contribution in [3.8, 4) is 5.75 Å². The molecule has 1 atom stereocenters. The van der Waals surface area contributed by atoms with Gasteiger partial charge in [0.15, 0.2) is 0 Å². The van der Waals surface area contributed by atoms with E-state index in [0.717, 1.165) is 22.7 Å². The van der Waals surface area contributed by atoms with E-state index in [2.05, 4.69) is 24.3 Å². The largest absolute Gasteiger partial charge is 0.494 e. The molecule has 0 aromatic heterocycles. The van der Waals surface area contributed by atoms with Crippen LogP contribution >= 0.6 is 0 Å². The number of rotatable bonds is 7. The summed E-state index contributed by atoms with van der Waals surface area (Å²) in [4.78, 5) is 25.1. The molecule has 0 aliphatic carbocycles. The van der Waals surface area contributed by atoms with Crippen LogP contribution in [0.2, 0.25) is 0 Å². The fourth-order valence-corrected chi connectivity index (χ4v) is 2.88. The normalized spacial score (nSPS) is 19.5. The minimum absolute atomic E-state index is 0.409. The topological polar surface area (TPSA) is 71.0 Å². The molecule has 0 radical (unpaired) electrons. The van der Waals surface area contributed by atoms with Crippen LogP contribution in [0.3, 0.4) is 0 Å². The zero-order valence-corrected chi connectivity index (χ0v) is 16.4. The summed E-state index contributed by atoms with van der Waals surface area (Å²) in [6.07, 6.45) is 2.49. The molecule has 0 bridgehead atoms. The summed E-state index contributed by atoms with van der Waals surface area (Å²) in [6.45, 7) is 6.66. The number of hydrazone groups is 1. The monoisotopic (exact) mass is 379 g/mol. The number of hydrogen-bond acceptors (Lipinski definition) is 4. The molecule has 3 amide bonds. The predicted octanol–water partition coefficient (Wildman–Crippen LogP) is 3.91. The lowest BCUT2D eigenvalue weighted by molar-refractivity contribution is -0.131. The molecule has 0 saturated carbocycles. The Morgan fingerprint density at radius 3 is 2.43 bits per heavy atom. The second-order valence-electron chi connectivity index (χ2n) is 7.38. The third-order valence-electron chi connectivity index (χ3n) is 4.69. The van der Waals surface area contributed by atoms with Crippen molar-refractivity contribution < 1.29 is 14.3 Å². The SMILES string of the molecule is CC(C)CCOc1ccc(/C=N\N2C(=O)N[C@@](C)(c3ccccc3)C2=O)cc1. The number of benzene rings is 2. The van der Waals surface area contributed by atoms with Gasteiger partial charge >= 0.3 is 6.03 Å². The second kappa shape index (κ2) is 8.25. The van der Waals surface area contributed by atoms with Crippen LogP contribution < -0.4 is 10.1 Å². The molecule has 2 aromatic rings. The van der Waals surface area contributed by atoms with Crippen LogP contribution in [-0.4, -0.2) is 29.8 Å². The van der Waals surface area contributed by atoms with Gasteiger partial charge in [-0.3, -0.25) is 4.79 Å². The van der Waals surface area contributed by atoms with Crippen molar-refractivity contribution in [1.82, 2.24) is 10.3 Å². The van der Waals surface area contributed by atoms with E-state index in [1.54, 1.807) is 6.92 Å². The Bertz CT molecular complexity index is 862. The summed E-state index contributed by atoms with van der Waals surface area (Å²) in [5, 5.41) is 7.70. The molecular formula is C22H25N3O3. The summed E-state index contributed by atoms with van der Waals surface area (Å²) in [5.41, 5.74) is 0.364. The van der Waals surface area contributed by atoms with E-state index in [9.17, 15) is 9.59 Å². The minimum atomic E-state index is -1.12. The Morgan fingerprint density at radius 2 is 1.79 bits per heavy atom. The molecule has 3 rings (SSSR count). The zero-order chi connectivity index (χ0) is 20.1. The van der Waals surface area contributed by atoms with Crippen LogP contribution in [0.5, 0.6) is 5.75 Å². The minimum Gasteiger partial charge on any atom is -0.494 e. The van der Waals surface area contributed by atoms with Crippen molar-refractivity contribution >= 4 is 18.2 Å². The van der Waals surface area contributed by atoms with Crippen LogP contribution in [0.1, 0.15) is 38.3 Å². The predicted molar refractivity (Wildman–Crippen MR) is 108 cm³/mol. The molecular weight excluding hydrogens is 354 g/mol. The van der Waals surface area contributed by atoms with Crippen molar-refractivity contribution in [2.24, 2.45) is 11.0 Å². The average Bonchev–Trinajstić information content (AvgIpc) is 2.91. The highest BCUT2D eigenvalue weighted by Crippen LogP contribution is 2.28. The van der Waals surface area contributed by atoms with Gasteiger partial charge in [0.1, 0.15) is 11.3 Å². The van der Waals surface area contributed by atoms with Crippen molar-refractivity contribution in [1.29, 1.82) is 0 Å². The maximum absolute atomic E-state index is 12.8. The highest BCUT2D eigenvalue weighted by Gasteiger charge is 2.49. The van der Waals surface area contributed by atoms with Gasteiger partial charge in [0, 0.05) is 0 Å². The van der Waals surface area contributed by atoms with E-state index in [1.807, 2.05) is 54.6 Å². The van der Waals surface area contributed by atoms with E-state index in [-0.39, 0.29) is 0 Å². The number of nitrogens with one attached hydrogen (secondary N) is 1. The third-order valence-corrected chi connectivity index (χ3v) is 4.69. The number of carbonyl (C=O) groups is 2.